The molecule has 0 saturated carbocycles. The van der Waals surface area contributed by atoms with E-state index < -0.39 is 0 Å². The van der Waals surface area contributed by atoms with Crippen LogP contribution in [0, 0.1) is 6.92 Å². The Morgan fingerprint density at radius 3 is 2.82 bits per heavy atom. The molecule has 1 unspecified atom stereocenters. The highest BCUT2D eigenvalue weighted by atomic mass is 127. The van der Waals surface area contributed by atoms with Gasteiger partial charge in [0.25, 0.3) is 0 Å². The first kappa shape index (κ1) is 25.0. The van der Waals surface area contributed by atoms with Gasteiger partial charge in [0, 0.05) is 38.3 Å². The van der Waals surface area contributed by atoms with Crippen LogP contribution in [0.5, 0.6) is 5.75 Å². The maximum atomic E-state index is 6.20. The van der Waals surface area contributed by atoms with Gasteiger partial charge in [-0.3, -0.25) is 4.99 Å². The maximum absolute atomic E-state index is 6.20. The number of aromatic nitrogens is 2. The number of guanidine groups is 1. The molecule has 0 amide bonds. The van der Waals surface area contributed by atoms with E-state index >= 15 is 0 Å². The highest BCUT2D eigenvalue weighted by Crippen LogP contribution is 2.23. The van der Waals surface area contributed by atoms with Crippen molar-refractivity contribution in [2.24, 2.45) is 4.99 Å². The normalized spacial score (nSPS) is 15.7. The number of hydrogen-bond donors (Lipinski definition) is 2. The summed E-state index contributed by atoms with van der Waals surface area (Å²) < 4.78 is 13.5. The summed E-state index contributed by atoms with van der Waals surface area (Å²) in [6.45, 7) is 4.90. The Morgan fingerprint density at radius 1 is 1.21 bits per heavy atom. The van der Waals surface area contributed by atoms with E-state index in [-0.39, 0.29) is 30.1 Å². The van der Waals surface area contributed by atoms with Crippen molar-refractivity contribution in [3.8, 4) is 11.4 Å². The molecular formula is C25H32IN5O2. The Kier molecular flexibility index (Phi) is 9.56. The molecule has 0 aliphatic carbocycles. The van der Waals surface area contributed by atoms with E-state index in [9.17, 15) is 0 Å². The molecule has 2 aromatic carbocycles. The van der Waals surface area contributed by atoms with Crippen LogP contribution in [0.1, 0.15) is 23.1 Å². The van der Waals surface area contributed by atoms with E-state index in [0.29, 0.717) is 13.2 Å². The molecule has 8 heteroatoms. The van der Waals surface area contributed by atoms with Crippen molar-refractivity contribution in [3.63, 3.8) is 0 Å². The van der Waals surface area contributed by atoms with Crippen LogP contribution in [0.4, 0.5) is 0 Å². The van der Waals surface area contributed by atoms with Crippen molar-refractivity contribution in [1.82, 2.24) is 20.4 Å². The van der Waals surface area contributed by atoms with Crippen LogP contribution >= 0.6 is 24.0 Å². The molecule has 4 rings (SSSR count). The first-order chi connectivity index (χ1) is 15.7. The largest absolute Gasteiger partial charge is 0.488 e. The number of rotatable bonds is 8. The molecule has 1 aromatic heterocycles. The molecule has 2 heterocycles. The molecule has 1 atom stereocenters. The third kappa shape index (κ3) is 7.20. The number of hydrogen-bond acceptors (Lipinski definition) is 4. The quantitative estimate of drug-likeness (QED) is 0.248. The minimum Gasteiger partial charge on any atom is -0.488 e. The number of aryl methyl sites for hydroxylation is 1. The number of halogens is 1. The van der Waals surface area contributed by atoms with Gasteiger partial charge in [-0.15, -0.1) is 24.0 Å². The predicted octanol–water partition coefficient (Wildman–Crippen LogP) is 3.87. The molecule has 176 valence electrons. The van der Waals surface area contributed by atoms with Crippen LogP contribution in [0.3, 0.4) is 0 Å². The summed E-state index contributed by atoms with van der Waals surface area (Å²) >= 11 is 0. The smallest absolute Gasteiger partial charge is 0.191 e. The van der Waals surface area contributed by atoms with Gasteiger partial charge in [-0.25, -0.2) is 4.68 Å². The summed E-state index contributed by atoms with van der Waals surface area (Å²) in [4.78, 5) is 4.35. The molecule has 0 spiro atoms. The van der Waals surface area contributed by atoms with Crippen LogP contribution in [-0.2, 0) is 17.7 Å². The standard InChI is InChI=1S/C25H31N5O2.HI/c1-19-8-9-21(24(14-19)32-23-11-13-31-18-23)16-28-25(26-2)27-12-10-20-15-29-30(17-20)22-6-4-3-5-7-22;/h3-9,14-15,17,23H,10-13,16,18H2,1-2H3,(H2,26,27,28);1H. The Labute approximate surface area is 212 Å². The van der Waals surface area contributed by atoms with Crippen LogP contribution < -0.4 is 15.4 Å². The highest BCUT2D eigenvalue weighted by molar-refractivity contribution is 14.0. The SMILES string of the molecule is CN=C(NCCc1cnn(-c2ccccc2)c1)NCc1ccc(C)cc1OC1CCOC1.I. The number of nitrogens with zero attached hydrogens (tertiary/aromatic N) is 3. The van der Waals surface area contributed by atoms with Crippen molar-refractivity contribution >= 4 is 29.9 Å². The third-order valence-corrected chi connectivity index (χ3v) is 5.44. The zero-order valence-electron chi connectivity index (χ0n) is 19.2. The minimum absolute atomic E-state index is 0. The Balaban J connectivity index is 0.00000306. The van der Waals surface area contributed by atoms with Crippen LogP contribution in [0.25, 0.3) is 5.69 Å². The van der Waals surface area contributed by atoms with Gasteiger partial charge in [0.15, 0.2) is 5.96 Å². The lowest BCUT2D eigenvalue weighted by molar-refractivity contribution is 0.140. The Hall–Kier alpha value is -2.59. The molecule has 0 radical (unpaired) electrons. The molecule has 3 aromatic rings. The van der Waals surface area contributed by atoms with Gasteiger partial charge >= 0.3 is 0 Å². The third-order valence-electron chi connectivity index (χ3n) is 5.44. The van der Waals surface area contributed by atoms with Gasteiger partial charge in [-0.2, -0.15) is 5.10 Å². The highest BCUT2D eigenvalue weighted by Gasteiger charge is 2.18. The molecule has 1 fully saturated rings. The summed E-state index contributed by atoms with van der Waals surface area (Å²) in [5.74, 6) is 1.67. The number of benzene rings is 2. The van der Waals surface area contributed by atoms with Crippen molar-refractivity contribution < 1.29 is 9.47 Å². The maximum Gasteiger partial charge on any atom is 0.191 e. The van der Waals surface area contributed by atoms with Crippen molar-refractivity contribution in [1.29, 1.82) is 0 Å². The fourth-order valence-electron chi connectivity index (χ4n) is 3.64. The topological polar surface area (TPSA) is 72.7 Å². The van der Waals surface area contributed by atoms with Crippen LogP contribution in [0.2, 0.25) is 0 Å². The number of nitrogens with one attached hydrogen (secondary N) is 2. The second-order valence-electron chi connectivity index (χ2n) is 7.95. The van der Waals surface area contributed by atoms with Gasteiger partial charge in [0.05, 0.1) is 25.1 Å². The average molecular weight is 561 g/mol. The van der Waals surface area contributed by atoms with E-state index in [1.54, 1.807) is 7.05 Å². The minimum atomic E-state index is 0. The van der Waals surface area contributed by atoms with Gasteiger partial charge in [-0.1, -0.05) is 30.3 Å². The van der Waals surface area contributed by atoms with Gasteiger partial charge < -0.3 is 20.1 Å². The molecule has 1 aliphatic heterocycles. The number of aliphatic imine (C=N–C) groups is 1. The number of para-hydroxylation sites is 1. The summed E-state index contributed by atoms with van der Waals surface area (Å²) in [5.41, 5.74) is 4.52. The summed E-state index contributed by atoms with van der Waals surface area (Å²) in [6, 6.07) is 16.4. The summed E-state index contributed by atoms with van der Waals surface area (Å²) in [5, 5.41) is 11.2. The van der Waals surface area contributed by atoms with Gasteiger partial charge in [-0.05, 0) is 42.7 Å². The molecule has 1 saturated heterocycles. The molecule has 33 heavy (non-hydrogen) atoms. The Bertz CT molecular complexity index is 1030. The van der Waals surface area contributed by atoms with E-state index in [1.807, 2.05) is 41.2 Å². The fourth-order valence-corrected chi connectivity index (χ4v) is 3.64. The molecular weight excluding hydrogens is 529 g/mol. The van der Waals surface area contributed by atoms with Gasteiger partial charge in [0.2, 0.25) is 0 Å². The zero-order valence-corrected chi connectivity index (χ0v) is 21.5. The lowest BCUT2D eigenvalue weighted by atomic mass is 10.1. The zero-order chi connectivity index (χ0) is 22.2. The number of ether oxygens (including phenoxy) is 2. The van der Waals surface area contributed by atoms with Crippen molar-refractivity contribution in [2.45, 2.75) is 32.4 Å². The van der Waals surface area contributed by atoms with E-state index in [4.69, 9.17) is 9.47 Å². The first-order valence-corrected chi connectivity index (χ1v) is 11.1. The average Bonchev–Trinajstić information content (AvgIpc) is 3.50. The molecule has 7 nitrogen and oxygen atoms in total. The molecule has 0 bridgehead atoms. The fraction of sp³-hybridized carbons (Fsp3) is 0.360. The van der Waals surface area contributed by atoms with E-state index in [0.717, 1.165) is 49.0 Å². The summed E-state index contributed by atoms with van der Waals surface area (Å²) in [7, 11) is 1.78. The second kappa shape index (κ2) is 12.6. The predicted molar refractivity (Wildman–Crippen MR) is 142 cm³/mol. The van der Waals surface area contributed by atoms with Crippen molar-refractivity contribution in [2.75, 3.05) is 26.8 Å². The molecule has 1 aliphatic rings. The van der Waals surface area contributed by atoms with E-state index in [2.05, 4.69) is 52.0 Å². The van der Waals surface area contributed by atoms with Crippen LogP contribution in [-0.4, -0.2) is 48.7 Å². The van der Waals surface area contributed by atoms with Crippen LogP contribution in [0.15, 0.2) is 65.9 Å². The first-order valence-electron chi connectivity index (χ1n) is 11.1. The summed E-state index contributed by atoms with van der Waals surface area (Å²) in [6.07, 6.45) is 5.90. The monoisotopic (exact) mass is 561 g/mol. The second-order valence-corrected chi connectivity index (χ2v) is 7.95. The lowest BCUT2D eigenvalue weighted by Crippen LogP contribution is -2.38. The van der Waals surface area contributed by atoms with Crippen molar-refractivity contribution in [3.05, 3.63) is 77.6 Å². The molecule has 2 N–H and O–H groups in total. The van der Waals surface area contributed by atoms with Gasteiger partial charge in [0.1, 0.15) is 11.9 Å². The van der Waals surface area contributed by atoms with E-state index in [1.165, 1.54) is 11.1 Å². The lowest BCUT2D eigenvalue weighted by Gasteiger charge is -2.18. The Morgan fingerprint density at radius 2 is 2.06 bits per heavy atom.